The van der Waals surface area contributed by atoms with E-state index in [0.717, 1.165) is 18.8 Å². The Kier molecular flexibility index (Phi) is 7.44. The molecule has 0 spiro atoms. The molecule has 4 aliphatic carbocycles. The van der Waals surface area contributed by atoms with E-state index in [0.29, 0.717) is 41.4 Å². The van der Waals surface area contributed by atoms with Crippen molar-refractivity contribution in [2.24, 2.45) is 46.3 Å². The Hall–Kier alpha value is -0.460. The summed E-state index contributed by atoms with van der Waals surface area (Å²) in [5, 5.41) is 14.1. The quantitative estimate of drug-likeness (QED) is 0.471. The minimum Gasteiger partial charge on any atom is -0.393 e. The molecule has 0 aliphatic heterocycles. The Morgan fingerprint density at radius 3 is 2.59 bits per heavy atom. The predicted octanol–water partition coefficient (Wildman–Crippen LogP) is 4.76. The fraction of sp³-hybridized carbons (Fsp3) is 0.962. The van der Waals surface area contributed by atoms with Crippen molar-refractivity contribution in [1.29, 1.82) is 0 Å². The van der Waals surface area contributed by atoms with Crippen LogP contribution < -0.4 is 5.32 Å². The highest BCUT2D eigenvalue weighted by Crippen LogP contribution is 2.68. The lowest BCUT2D eigenvalue weighted by Crippen LogP contribution is -2.57. The van der Waals surface area contributed by atoms with Gasteiger partial charge in [0.2, 0.25) is 5.91 Å². The molecular weight excluding hydrogens is 422 g/mol. The van der Waals surface area contributed by atoms with Crippen LogP contribution in [0.2, 0.25) is 0 Å². The minimum absolute atomic E-state index is 0.00956. The largest absolute Gasteiger partial charge is 0.393 e. The molecule has 1 amide bonds. The maximum absolute atomic E-state index is 12.2. The molecule has 5 nitrogen and oxygen atoms in total. The zero-order valence-electron chi connectivity index (χ0n) is 20.4. The topological polar surface area (TPSA) is 86.6 Å². The molecule has 32 heavy (non-hydrogen) atoms. The van der Waals surface area contributed by atoms with Gasteiger partial charge in [-0.05, 0) is 97.7 Å². The second-order valence-corrected chi connectivity index (χ2v) is 13.2. The Labute approximate surface area is 197 Å². The van der Waals surface area contributed by atoms with Gasteiger partial charge in [0.05, 0.1) is 11.9 Å². The van der Waals surface area contributed by atoms with E-state index in [2.05, 4.69) is 26.1 Å². The van der Waals surface area contributed by atoms with Crippen LogP contribution in [0.1, 0.15) is 91.4 Å². The highest BCUT2D eigenvalue weighted by molar-refractivity contribution is 7.79. The van der Waals surface area contributed by atoms with Gasteiger partial charge < -0.3 is 15.0 Å². The van der Waals surface area contributed by atoms with Gasteiger partial charge in [-0.1, -0.05) is 33.6 Å². The van der Waals surface area contributed by atoms with Gasteiger partial charge in [-0.2, -0.15) is 0 Å². The molecule has 10 atom stereocenters. The van der Waals surface area contributed by atoms with Crippen molar-refractivity contribution >= 4 is 17.0 Å². The van der Waals surface area contributed by atoms with E-state index in [9.17, 15) is 14.1 Å². The van der Waals surface area contributed by atoms with E-state index < -0.39 is 11.1 Å². The molecule has 4 rings (SSSR count). The zero-order chi connectivity index (χ0) is 23.1. The number of aliphatic hydroxyl groups excluding tert-OH is 1. The first kappa shape index (κ1) is 24.7. The summed E-state index contributed by atoms with van der Waals surface area (Å²) in [6, 6.07) is 0. The van der Waals surface area contributed by atoms with Crippen molar-refractivity contribution in [2.45, 2.75) is 97.5 Å². The van der Waals surface area contributed by atoms with Crippen LogP contribution in [0.4, 0.5) is 0 Å². The molecule has 3 N–H and O–H groups in total. The number of hydrogen-bond acceptors (Lipinski definition) is 3. The smallest absolute Gasteiger partial charge is 0.220 e. The molecule has 0 aromatic rings. The van der Waals surface area contributed by atoms with Gasteiger partial charge in [-0.3, -0.25) is 4.79 Å². The van der Waals surface area contributed by atoms with E-state index in [-0.39, 0.29) is 29.7 Å². The third kappa shape index (κ3) is 4.45. The number of carbonyl (C=O) groups excluding carboxylic acids is 1. The number of amides is 1. The normalized spacial score (nSPS) is 45.3. The molecule has 0 saturated heterocycles. The van der Waals surface area contributed by atoms with Crippen LogP contribution in [0.5, 0.6) is 0 Å². The van der Waals surface area contributed by atoms with Gasteiger partial charge >= 0.3 is 0 Å². The average Bonchev–Trinajstić information content (AvgIpc) is 3.09. The summed E-state index contributed by atoms with van der Waals surface area (Å²) in [5.74, 6) is 3.68. The fourth-order valence-corrected chi connectivity index (χ4v) is 9.43. The minimum atomic E-state index is -1.85. The summed E-state index contributed by atoms with van der Waals surface area (Å²) in [4.78, 5) is 12.2. The van der Waals surface area contributed by atoms with Gasteiger partial charge in [-0.15, -0.1) is 0 Å². The molecule has 5 unspecified atom stereocenters. The predicted molar refractivity (Wildman–Crippen MR) is 128 cm³/mol. The van der Waals surface area contributed by atoms with E-state index in [1.54, 1.807) is 0 Å². The van der Waals surface area contributed by atoms with Crippen molar-refractivity contribution in [2.75, 3.05) is 12.3 Å². The lowest BCUT2D eigenvalue weighted by atomic mass is 9.44. The van der Waals surface area contributed by atoms with Crippen LogP contribution in [-0.2, 0) is 15.9 Å². The maximum atomic E-state index is 12.2. The summed E-state index contributed by atoms with van der Waals surface area (Å²) in [6.45, 7) is 7.64. The maximum Gasteiger partial charge on any atom is 0.220 e. The molecule has 0 aromatic heterocycles. The average molecular weight is 468 g/mol. The standard InChI is InChI=1S/C26H45NO4S/c1-17(7-10-23(29)27-14-15-32(30)31)19-8-9-20-24-21(11-13-26(19,20)3)25(2)12-5-4-6-18(25)16-22(24)28/h17-22,24,28H,4-16H2,1-3H3,(H,27,29)(H,30,31)/t17-,18?,19-,20?,21+,22+,24+,25?,26?/m1/s1. The van der Waals surface area contributed by atoms with Gasteiger partial charge in [0.1, 0.15) is 0 Å². The lowest BCUT2D eigenvalue weighted by Gasteiger charge is -2.62. The van der Waals surface area contributed by atoms with Crippen LogP contribution in [-0.4, -0.2) is 38.2 Å². The van der Waals surface area contributed by atoms with E-state index in [1.807, 2.05) is 0 Å². The van der Waals surface area contributed by atoms with Crippen molar-refractivity contribution in [3.8, 4) is 0 Å². The van der Waals surface area contributed by atoms with Crippen LogP contribution in [0.25, 0.3) is 0 Å². The molecule has 0 aromatic carbocycles. The van der Waals surface area contributed by atoms with Crippen molar-refractivity contribution in [1.82, 2.24) is 5.32 Å². The van der Waals surface area contributed by atoms with Gasteiger partial charge in [-0.25, -0.2) is 4.21 Å². The molecule has 4 fully saturated rings. The van der Waals surface area contributed by atoms with Gasteiger partial charge in [0.25, 0.3) is 0 Å². The molecule has 4 saturated carbocycles. The van der Waals surface area contributed by atoms with E-state index in [4.69, 9.17) is 4.55 Å². The SMILES string of the molecule is C[C@H](CCC(=O)NCCS(=O)O)[C@H]1CCC2[C@@H]3[C@@H](O)CC4CCCCC4(C)[C@H]3CCC21C. The van der Waals surface area contributed by atoms with Crippen molar-refractivity contribution < 1.29 is 18.7 Å². The molecule has 184 valence electrons. The summed E-state index contributed by atoms with van der Waals surface area (Å²) in [6.07, 6.45) is 12.6. The van der Waals surface area contributed by atoms with Gasteiger partial charge in [0, 0.05) is 13.0 Å². The zero-order valence-corrected chi connectivity index (χ0v) is 21.2. The Morgan fingerprint density at radius 2 is 1.84 bits per heavy atom. The molecule has 0 radical (unpaired) electrons. The summed E-state index contributed by atoms with van der Waals surface area (Å²) in [7, 11) is 0. The van der Waals surface area contributed by atoms with E-state index >= 15 is 0 Å². The summed E-state index contributed by atoms with van der Waals surface area (Å²) >= 11 is -1.85. The third-order valence-electron chi connectivity index (χ3n) is 10.8. The number of rotatable bonds is 7. The van der Waals surface area contributed by atoms with Crippen LogP contribution >= 0.6 is 0 Å². The number of fused-ring (bicyclic) bond motifs is 5. The number of nitrogens with one attached hydrogen (secondary N) is 1. The van der Waals surface area contributed by atoms with Crippen LogP contribution in [0, 0.1) is 46.3 Å². The van der Waals surface area contributed by atoms with Crippen molar-refractivity contribution in [3.05, 3.63) is 0 Å². The highest BCUT2D eigenvalue weighted by atomic mass is 32.2. The van der Waals surface area contributed by atoms with Crippen molar-refractivity contribution in [3.63, 3.8) is 0 Å². The first-order valence-corrected chi connectivity index (χ1v) is 14.5. The number of carbonyl (C=O) groups is 1. The second kappa shape index (κ2) is 9.65. The molecule has 0 heterocycles. The monoisotopic (exact) mass is 467 g/mol. The molecular formula is C26H45NO4S. The molecule has 4 aliphatic rings. The van der Waals surface area contributed by atoms with E-state index in [1.165, 1.54) is 51.4 Å². The van der Waals surface area contributed by atoms with Gasteiger partial charge in [0.15, 0.2) is 11.1 Å². The first-order chi connectivity index (χ1) is 15.2. The fourth-order valence-electron chi connectivity index (χ4n) is 9.16. The summed E-state index contributed by atoms with van der Waals surface area (Å²) in [5.41, 5.74) is 0.715. The van der Waals surface area contributed by atoms with Crippen LogP contribution in [0.3, 0.4) is 0 Å². The Bertz CT molecular complexity index is 716. The van der Waals surface area contributed by atoms with Crippen LogP contribution in [0.15, 0.2) is 0 Å². The number of hydrogen-bond donors (Lipinski definition) is 3. The molecule has 6 heteroatoms. The lowest BCUT2D eigenvalue weighted by molar-refractivity contribution is -0.164. The second-order valence-electron chi connectivity index (χ2n) is 12.2. The number of aliphatic hydroxyl groups is 1. The summed E-state index contributed by atoms with van der Waals surface area (Å²) < 4.78 is 19.6. The Balaban J connectivity index is 1.40. The third-order valence-corrected chi connectivity index (χ3v) is 11.3. The first-order valence-electron chi connectivity index (χ1n) is 13.2. The molecule has 0 bridgehead atoms. The Morgan fingerprint density at radius 1 is 1.09 bits per heavy atom. The highest BCUT2D eigenvalue weighted by Gasteiger charge is 2.62.